The molecule has 0 amide bonds. The predicted molar refractivity (Wildman–Crippen MR) is 54.2 cm³/mol. The highest BCUT2D eigenvalue weighted by molar-refractivity contribution is 5.23. The Morgan fingerprint density at radius 2 is 1.83 bits per heavy atom. The summed E-state index contributed by atoms with van der Waals surface area (Å²) in [5.41, 5.74) is 1.31. The zero-order valence-electron chi connectivity index (χ0n) is 7.24. The van der Waals surface area contributed by atoms with Crippen LogP contribution in [0.1, 0.15) is 17.9 Å². The summed E-state index contributed by atoms with van der Waals surface area (Å²) in [5.74, 6) is 0.420. The summed E-state index contributed by atoms with van der Waals surface area (Å²) in [5, 5.41) is 0. The second-order valence-corrected chi connectivity index (χ2v) is 2.78. The molecule has 0 N–H and O–H groups in total. The maximum absolute atomic E-state index is 3.81. The molecule has 0 saturated heterocycles. The maximum Gasteiger partial charge on any atom is 0.00497 e. The molecule has 0 aliphatic rings. The van der Waals surface area contributed by atoms with E-state index in [1.165, 1.54) is 5.56 Å². The second-order valence-electron chi connectivity index (χ2n) is 2.78. The number of allylic oxidation sites excluding steroid dienone is 2. The van der Waals surface area contributed by atoms with Crippen molar-refractivity contribution in [2.45, 2.75) is 12.3 Å². The Morgan fingerprint density at radius 1 is 1.17 bits per heavy atom. The van der Waals surface area contributed by atoms with Crippen LogP contribution in [0.5, 0.6) is 0 Å². The molecule has 1 rings (SSSR count). The molecule has 0 aliphatic carbocycles. The van der Waals surface area contributed by atoms with Gasteiger partial charge in [-0.3, -0.25) is 0 Å². The number of rotatable bonds is 4. The minimum Gasteiger partial charge on any atom is -0.103 e. The van der Waals surface area contributed by atoms with Crippen LogP contribution >= 0.6 is 0 Å². The van der Waals surface area contributed by atoms with Crippen molar-refractivity contribution in [3.05, 3.63) is 61.2 Å². The summed E-state index contributed by atoms with van der Waals surface area (Å²) in [4.78, 5) is 0. The average molecular weight is 158 g/mol. The van der Waals surface area contributed by atoms with Gasteiger partial charge in [0.15, 0.2) is 0 Å². The first kappa shape index (κ1) is 8.79. The predicted octanol–water partition coefficient (Wildman–Crippen LogP) is 3.53. The molecular weight excluding hydrogens is 144 g/mol. The van der Waals surface area contributed by atoms with Gasteiger partial charge < -0.3 is 0 Å². The van der Waals surface area contributed by atoms with Crippen LogP contribution in [-0.4, -0.2) is 0 Å². The second kappa shape index (κ2) is 4.55. The lowest BCUT2D eigenvalue weighted by Gasteiger charge is -2.09. The average Bonchev–Trinajstić information content (AvgIpc) is 2.15. The van der Waals surface area contributed by atoms with E-state index in [9.17, 15) is 0 Å². The Kier molecular flexibility index (Phi) is 3.34. The van der Waals surface area contributed by atoms with Gasteiger partial charge in [0.2, 0.25) is 0 Å². The van der Waals surface area contributed by atoms with Crippen LogP contribution < -0.4 is 0 Å². The lowest BCUT2D eigenvalue weighted by atomic mass is 9.96. The first-order valence-corrected chi connectivity index (χ1v) is 4.17. The van der Waals surface area contributed by atoms with Crippen LogP contribution in [0, 0.1) is 0 Å². The molecule has 1 atom stereocenters. The monoisotopic (exact) mass is 158 g/mol. The number of benzene rings is 1. The molecule has 12 heavy (non-hydrogen) atoms. The topological polar surface area (TPSA) is 0 Å². The molecular formula is C12H14. The van der Waals surface area contributed by atoms with Gasteiger partial charge in [-0.15, -0.1) is 13.2 Å². The van der Waals surface area contributed by atoms with Gasteiger partial charge in [0.25, 0.3) is 0 Å². The summed E-state index contributed by atoms with van der Waals surface area (Å²) in [6, 6.07) is 10.4. The minimum atomic E-state index is 0.420. The van der Waals surface area contributed by atoms with E-state index in [2.05, 4.69) is 37.4 Å². The third kappa shape index (κ3) is 2.09. The van der Waals surface area contributed by atoms with Gasteiger partial charge in [0.1, 0.15) is 0 Å². The first-order chi connectivity index (χ1) is 5.88. The number of hydrogen-bond acceptors (Lipinski definition) is 0. The Hall–Kier alpha value is -1.30. The summed E-state index contributed by atoms with van der Waals surface area (Å²) in [7, 11) is 0. The van der Waals surface area contributed by atoms with Crippen molar-refractivity contribution in [3.8, 4) is 0 Å². The molecule has 1 aromatic carbocycles. The lowest BCUT2D eigenvalue weighted by Crippen LogP contribution is -1.91. The molecule has 0 spiro atoms. The quantitative estimate of drug-likeness (QED) is 0.588. The van der Waals surface area contributed by atoms with Gasteiger partial charge >= 0.3 is 0 Å². The van der Waals surface area contributed by atoms with Crippen LogP contribution in [0.4, 0.5) is 0 Å². The Bertz CT molecular complexity index is 246. The van der Waals surface area contributed by atoms with E-state index >= 15 is 0 Å². The van der Waals surface area contributed by atoms with Gasteiger partial charge in [-0.1, -0.05) is 42.5 Å². The number of hydrogen-bond donors (Lipinski definition) is 0. The van der Waals surface area contributed by atoms with Crippen molar-refractivity contribution in [2.24, 2.45) is 0 Å². The minimum absolute atomic E-state index is 0.420. The highest BCUT2D eigenvalue weighted by Gasteiger charge is 2.02. The first-order valence-electron chi connectivity index (χ1n) is 4.17. The Balaban J connectivity index is 2.79. The third-order valence-electron chi connectivity index (χ3n) is 1.93. The Labute approximate surface area is 74.2 Å². The zero-order chi connectivity index (χ0) is 8.81. The lowest BCUT2D eigenvalue weighted by molar-refractivity contribution is 0.868. The maximum atomic E-state index is 3.81. The Morgan fingerprint density at radius 3 is 2.33 bits per heavy atom. The van der Waals surface area contributed by atoms with Crippen molar-refractivity contribution in [3.63, 3.8) is 0 Å². The molecule has 0 aromatic heterocycles. The fourth-order valence-electron chi connectivity index (χ4n) is 1.25. The molecule has 0 heterocycles. The van der Waals surface area contributed by atoms with Gasteiger partial charge in [0, 0.05) is 5.92 Å². The molecule has 0 radical (unpaired) electrons. The van der Waals surface area contributed by atoms with E-state index in [0.29, 0.717) is 5.92 Å². The van der Waals surface area contributed by atoms with Gasteiger partial charge in [-0.05, 0) is 12.0 Å². The molecule has 0 fully saturated rings. The van der Waals surface area contributed by atoms with Crippen molar-refractivity contribution in [1.29, 1.82) is 0 Å². The summed E-state index contributed by atoms with van der Waals surface area (Å²) < 4.78 is 0. The van der Waals surface area contributed by atoms with Crippen molar-refractivity contribution >= 4 is 0 Å². The van der Waals surface area contributed by atoms with Crippen molar-refractivity contribution in [1.82, 2.24) is 0 Å². The molecule has 0 unspecified atom stereocenters. The van der Waals surface area contributed by atoms with Gasteiger partial charge in [-0.2, -0.15) is 0 Å². The van der Waals surface area contributed by atoms with Crippen LogP contribution in [0.3, 0.4) is 0 Å². The van der Waals surface area contributed by atoms with E-state index < -0.39 is 0 Å². The molecule has 0 nitrogen and oxygen atoms in total. The van der Waals surface area contributed by atoms with Crippen LogP contribution in [0.15, 0.2) is 55.6 Å². The van der Waals surface area contributed by atoms with Crippen LogP contribution in [0.2, 0.25) is 0 Å². The van der Waals surface area contributed by atoms with Crippen molar-refractivity contribution < 1.29 is 0 Å². The summed E-state index contributed by atoms with van der Waals surface area (Å²) >= 11 is 0. The van der Waals surface area contributed by atoms with E-state index in [4.69, 9.17) is 0 Å². The highest BCUT2D eigenvalue weighted by atomic mass is 14.1. The van der Waals surface area contributed by atoms with E-state index in [1.807, 2.05) is 18.2 Å². The van der Waals surface area contributed by atoms with Crippen LogP contribution in [-0.2, 0) is 0 Å². The van der Waals surface area contributed by atoms with Gasteiger partial charge in [0.05, 0.1) is 0 Å². The molecule has 1 aromatic rings. The largest absolute Gasteiger partial charge is 0.103 e. The molecule has 0 bridgehead atoms. The summed E-state index contributed by atoms with van der Waals surface area (Å²) in [6.45, 7) is 7.53. The van der Waals surface area contributed by atoms with Gasteiger partial charge in [-0.25, -0.2) is 0 Å². The third-order valence-corrected chi connectivity index (χ3v) is 1.93. The van der Waals surface area contributed by atoms with E-state index in [0.717, 1.165) is 6.42 Å². The summed E-state index contributed by atoms with van der Waals surface area (Å²) in [6.07, 6.45) is 4.86. The SMILES string of the molecule is C=CC[C@@H](C=C)c1ccccc1. The highest BCUT2D eigenvalue weighted by Crippen LogP contribution is 2.20. The molecule has 0 aliphatic heterocycles. The standard InChI is InChI=1S/C12H14/c1-3-8-11(4-2)12-9-6-5-7-10-12/h3-7,9-11H,1-2,8H2/t11-/m1/s1. The van der Waals surface area contributed by atoms with Crippen LogP contribution in [0.25, 0.3) is 0 Å². The normalized spacial score (nSPS) is 12.0. The molecule has 0 saturated carbocycles. The molecule has 62 valence electrons. The zero-order valence-corrected chi connectivity index (χ0v) is 7.24. The van der Waals surface area contributed by atoms with E-state index in [-0.39, 0.29) is 0 Å². The fraction of sp³-hybridized carbons (Fsp3) is 0.167. The molecule has 0 heteroatoms. The van der Waals surface area contributed by atoms with Crippen molar-refractivity contribution in [2.75, 3.05) is 0 Å². The van der Waals surface area contributed by atoms with E-state index in [1.54, 1.807) is 0 Å². The smallest absolute Gasteiger partial charge is 0.00497 e. The fourth-order valence-corrected chi connectivity index (χ4v) is 1.25.